The van der Waals surface area contributed by atoms with Crippen LogP contribution in [0.15, 0.2) is 18.2 Å². The molecule has 0 amide bonds. The standard InChI is InChI=1S/C15H26N2O2/c1-5-19-14-7-11(16)6-12(8-14)17-10-13(18)9-15(2,3)4/h6-8,13,17-18H,5,9-10,16H2,1-4H3. The van der Waals surface area contributed by atoms with Gasteiger partial charge in [-0.2, -0.15) is 0 Å². The molecule has 0 heterocycles. The molecule has 0 aliphatic rings. The molecule has 0 spiro atoms. The van der Waals surface area contributed by atoms with Crippen LogP contribution in [0.2, 0.25) is 0 Å². The van der Waals surface area contributed by atoms with E-state index >= 15 is 0 Å². The fourth-order valence-corrected chi connectivity index (χ4v) is 1.99. The average Bonchev–Trinajstić information content (AvgIpc) is 2.24. The van der Waals surface area contributed by atoms with Crippen LogP contribution in [0.3, 0.4) is 0 Å². The van der Waals surface area contributed by atoms with Crippen LogP contribution in [-0.4, -0.2) is 24.4 Å². The average molecular weight is 266 g/mol. The molecule has 0 aliphatic heterocycles. The van der Waals surface area contributed by atoms with Crippen molar-refractivity contribution in [2.75, 3.05) is 24.2 Å². The van der Waals surface area contributed by atoms with Gasteiger partial charge in [0.05, 0.1) is 12.7 Å². The lowest BCUT2D eigenvalue weighted by Crippen LogP contribution is -2.25. The minimum atomic E-state index is -0.378. The lowest BCUT2D eigenvalue weighted by atomic mass is 9.89. The molecule has 0 saturated carbocycles. The molecule has 4 N–H and O–H groups in total. The fourth-order valence-electron chi connectivity index (χ4n) is 1.99. The van der Waals surface area contributed by atoms with E-state index < -0.39 is 0 Å². The lowest BCUT2D eigenvalue weighted by molar-refractivity contribution is 0.132. The molecule has 19 heavy (non-hydrogen) atoms. The van der Waals surface area contributed by atoms with Crippen LogP contribution in [0.25, 0.3) is 0 Å². The maximum absolute atomic E-state index is 9.96. The third-order valence-corrected chi connectivity index (χ3v) is 2.63. The summed E-state index contributed by atoms with van der Waals surface area (Å²) in [7, 11) is 0. The molecule has 1 atom stereocenters. The monoisotopic (exact) mass is 266 g/mol. The quantitative estimate of drug-likeness (QED) is 0.693. The second kappa shape index (κ2) is 6.66. The van der Waals surface area contributed by atoms with Gasteiger partial charge in [-0.3, -0.25) is 0 Å². The summed E-state index contributed by atoms with van der Waals surface area (Å²) in [6.45, 7) is 9.39. The number of nitrogen functional groups attached to an aromatic ring is 1. The first kappa shape index (κ1) is 15.6. The normalized spacial score (nSPS) is 13.1. The van der Waals surface area contributed by atoms with E-state index in [-0.39, 0.29) is 11.5 Å². The summed E-state index contributed by atoms with van der Waals surface area (Å²) in [5.41, 5.74) is 7.46. The number of nitrogens with two attached hydrogens (primary N) is 1. The Labute approximate surface area is 116 Å². The maximum atomic E-state index is 9.96. The number of hydrogen-bond acceptors (Lipinski definition) is 4. The van der Waals surface area contributed by atoms with Crippen LogP contribution >= 0.6 is 0 Å². The fraction of sp³-hybridized carbons (Fsp3) is 0.600. The predicted octanol–water partition coefficient (Wildman–Crippen LogP) is 2.88. The van der Waals surface area contributed by atoms with Crippen molar-refractivity contribution in [3.8, 4) is 5.75 Å². The van der Waals surface area contributed by atoms with Crippen molar-refractivity contribution in [2.24, 2.45) is 5.41 Å². The first-order valence-electron chi connectivity index (χ1n) is 6.75. The molecular weight excluding hydrogens is 240 g/mol. The van der Waals surface area contributed by atoms with Gasteiger partial charge in [-0.1, -0.05) is 20.8 Å². The van der Waals surface area contributed by atoms with Crippen molar-refractivity contribution in [2.45, 2.75) is 40.2 Å². The first-order chi connectivity index (χ1) is 8.80. The minimum Gasteiger partial charge on any atom is -0.494 e. The highest BCUT2D eigenvalue weighted by atomic mass is 16.5. The molecule has 0 aliphatic carbocycles. The van der Waals surface area contributed by atoms with Crippen LogP contribution in [0, 0.1) is 5.41 Å². The molecule has 0 fully saturated rings. The van der Waals surface area contributed by atoms with Crippen molar-refractivity contribution in [3.05, 3.63) is 18.2 Å². The topological polar surface area (TPSA) is 67.5 Å². The zero-order chi connectivity index (χ0) is 14.5. The summed E-state index contributed by atoms with van der Waals surface area (Å²) in [6, 6.07) is 5.52. The highest BCUT2D eigenvalue weighted by molar-refractivity contribution is 5.59. The Kier molecular flexibility index (Phi) is 5.48. The second-order valence-electron chi connectivity index (χ2n) is 6.02. The van der Waals surface area contributed by atoms with Gasteiger partial charge in [0, 0.05) is 30.1 Å². The first-order valence-corrected chi connectivity index (χ1v) is 6.75. The van der Waals surface area contributed by atoms with Gasteiger partial charge in [0.2, 0.25) is 0 Å². The number of rotatable bonds is 6. The van der Waals surface area contributed by atoms with Crippen LogP contribution in [0.1, 0.15) is 34.1 Å². The van der Waals surface area contributed by atoms with Gasteiger partial charge in [0.25, 0.3) is 0 Å². The van der Waals surface area contributed by atoms with Gasteiger partial charge in [0.1, 0.15) is 5.75 Å². The lowest BCUT2D eigenvalue weighted by Gasteiger charge is -2.23. The molecule has 108 valence electrons. The maximum Gasteiger partial charge on any atom is 0.123 e. The molecule has 0 bridgehead atoms. The minimum absolute atomic E-state index is 0.118. The molecule has 1 unspecified atom stereocenters. The Morgan fingerprint density at radius 2 is 2.00 bits per heavy atom. The number of aliphatic hydroxyl groups excluding tert-OH is 1. The van der Waals surface area contributed by atoms with E-state index in [0.29, 0.717) is 18.8 Å². The summed E-state index contributed by atoms with van der Waals surface area (Å²) >= 11 is 0. The van der Waals surface area contributed by atoms with Crippen molar-refractivity contribution in [1.82, 2.24) is 0 Å². The van der Waals surface area contributed by atoms with Gasteiger partial charge >= 0.3 is 0 Å². The van der Waals surface area contributed by atoms with E-state index in [1.165, 1.54) is 0 Å². The highest BCUT2D eigenvalue weighted by Crippen LogP contribution is 2.24. The van der Waals surface area contributed by atoms with Crippen molar-refractivity contribution < 1.29 is 9.84 Å². The van der Waals surface area contributed by atoms with E-state index in [1.54, 1.807) is 6.07 Å². The van der Waals surface area contributed by atoms with Crippen LogP contribution in [-0.2, 0) is 0 Å². The van der Waals surface area contributed by atoms with E-state index in [1.807, 2.05) is 19.1 Å². The third kappa shape index (κ3) is 6.34. The van der Waals surface area contributed by atoms with Crippen molar-refractivity contribution >= 4 is 11.4 Å². The van der Waals surface area contributed by atoms with E-state index in [4.69, 9.17) is 10.5 Å². The summed E-state index contributed by atoms with van der Waals surface area (Å²) in [5, 5.41) is 13.2. The van der Waals surface area contributed by atoms with E-state index in [0.717, 1.165) is 17.9 Å². The number of anilines is 2. The van der Waals surface area contributed by atoms with Crippen LogP contribution in [0.5, 0.6) is 5.75 Å². The molecule has 1 rings (SSSR count). The number of nitrogens with one attached hydrogen (secondary N) is 1. The summed E-state index contributed by atoms with van der Waals surface area (Å²) in [6.07, 6.45) is 0.373. The Bertz CT molecular complexity index is 400. The molecular formula is C15H26N2O2. The molecule has 4 nitrogen and oxygen atoms in total. The Morgan fingerprint density at radius 3 is 2.58 bits per heavy atom. The van der Waals surface area contributed by atoms with Gasteiger partial charge in [-0.05, 0) is 24.8 Å². The van der Waals surface area contributed by atoms with Crippen LogP contribution in [0.4, 0.5) is 11.4 Å². The van der Waals surface area contributed by atoms with Crippen molar-refractivity contribution in [3.63, 3.8) is 0 Å². The molecule has 1 aromatic carbocycles. The number of benzene rings is 1. The number of aliphatic hydroxyl groups is 1. The van der Waals surface area contributed by atoms with Crippen LogP contribution < -0.4 is 15.8 Å². The Balaban J connectivity index is 2.57. The van der Waals surface area contributed by atoms with E-state index in [9.17, 15) is 5.11 Å². The summed E-state index contributed by atoms with van der Waals surface area (Å²) < 4.78 is 5.43. The largest absolute Gasteiger partial charge is 0.494 e. The Hall–Kier alpha value is -1.42. The molecule has 1 aromatic rings. The summed E-state index contributed by atoms with van der Waals surface area (Å²) in [5.74, 6) is 0.746. The van der Waals surface area contributed by atoms with E-state index in [2.05, 4.69) is 26.1 Å². The van der Waals surface area contributed by atoms with Crippen molar-refractivity contribution in [1.29, 1.82) is 0 Å². The van der Waals surface area contributed by atoms with Gasteiger partial charge in [-0.15, -0.1) is 0 Å². The highest BCUT2D eigenvalue weighted by Gasteiger charge is 2.16. The second-order valence-corrected chi connectivity index (χ2v) is 6.02. The molecule has 0 aromatic heterocycles. The Morgan fingerprint density at radius 1 is 1.32 bits per heavy atom. The molecule has 0 radical (unpaired) electrons. The van der Waals surface area contributed by atoms with Gasteiger partial charge in [-0.25, -0.2) is 0 Å². The predicted molar refractivity (Wildman–Crippen MR) is 80.6 cm³/mol. The van der Waals surface area contributed by atoms with Gasteiger partial charge < -0.3 is 20.9 Å². The number of ether oxygens (including phenoxy) is 1. The molecule has 0 saturated heterocycles. The zero-order valence-corrected chi connectivity index (χ0v) is 12.4. The SMILES string of the molecule is CCOc1cc(N)cc(NCC(O)CC(C)(C)C)c1. The smallest absolute Gasteiger partial charge is 0.123 e. The molecule has 4 heteroatoms. The summed E-state index contributed by atoms with van der Waals surface area (Å²) in [4.78, 5) is 0. The van der Waals surface area contributed by atoms with Gasteiger partial charge in [0.15, 0.2) is 0 Å². The zero-order valence-electron chi connectivity index (χ0n) is 12.4. The third-order valence-electron chi connectivity index (χ3n) is 2.63. The number of hydrogen-bond donors (Lipinski definition) is 3.